The highest BCUT2D eigenvalue weighted by atomic mass is 35.5. The highest BCUT2D eigenvalue weighted by Gasteiger charge is 2.10. The topological polar surface area (TPSA) is 51.2 Å². The highest BCUT2D eigenvalue weighted by molar-refractivity contribution is 7.14. The summed E-state index contributed by atoms with van der Waals surface area (Å²) in [4.78, 5) is 16.5. The van der Waals surface area contributed by atoms with Crippen molar-refractivity contribution in [1.29, 1.82) is 0 Å². The summed E-state index contributed by atoms with van der Waals surface area (Å²) in [6, 6.07) is 13.1. The van der Waals surface area contributed by atoms with Crippen molar-refractivity contribution in [1.82, 2.24) is 4.98 Å². The first-order valence-electron chi connectivity index (χ1n) is 7.72. The molecule has 0 unspecified atom stereocenters. The number of halogens is 1. The van der Waals surface area contributed by atoms with Gasteiger partial charge in [0.25, 0.3) is 5.91 Å². The zero-order valence-electron chi connectivity index (χ0n) is 13.9. The molecule has 0 saturated carbocycles. The highest BCUT2D eigenvalue weighted by Crippen LogP contribution is 2.28. The van der Waals surface area contributed by atoms with E-state index in [9.17, 15) is 4.79 Å². The van der Waals surface area contributed by atoms with Gasteiger partial charge < -0.3 is 4.74 Å². The molecule has 0 atom stereocenters. The van der Waals surface area contributed by atoms with Crippen LogP contribution in [0.25, 0.3) is 11.3 Å². The molecule has 0 radical (unpaired) electrons. The predicted octanol–water partition coefficient (Wildman–Crippen LogP) is 5.10. The minimum atomic E-state index is -0.253. The Bertz CT molecular complexity index is 891. The van der Waals surface area contributed by atoms with Crippen molar-refractivity contribution in [2.75, 3.05) is 11.9 Å². The molecule has 0 aliphatic rings. The zero-order valence-corrected chi connectivity index (χ0v) is 15.4. The zero-order chi connectivity index (χ0) is 17.8. The van der Waals surface area contributed by atoms with E-state index >= 15 is 0 Å². The number of aromatic nitrogens is 1. The number of hydrogen-bond donors (Lipinski definition) is 1. The Kier molecular flexibility index (Phi) is 5.36. The van der Waals surface area contributed by atoms with Gasteiger partial charge in [-0.2, -0.15) is 0 Å². The first-order valence-corrected chi connectivity index (χ1v) is 8.98. The lowest BCUT2D eigenvalue weighted by atomic mass is 10.0. The summed E-state index contributed by atoms with van der Waals surface area (Å²) in [6.07, 6.45) is 0. The van der Waals surface area contributed by atoms with E-state index < -0.39 is 0 Å². The number of carbonyl (C=O) groups excluding carboxylic acids is 1. The molecular weight excluding hydrogens is 356 g/mol. The monoisotopic (exact) mass is 372 g/mol. The van der Waals surface area contributed by atoms with Crippen molar-refractivity contribution in [3.63, 3.8) is 0 Å². The number of amides is 1. The predicted molar refractivity (Wildman–Crippen MR) is 103 cm³/mol. The maximum atomic E-state index is 12.0. The van der Waals surface area contributed by atoms with Gasteiger partial charge in [-0.15, -0.1) is 11.3 Å². The molecule has 1 heterocycles. The van der Waals surface area contributed by atoms with Crippen LogP contribution in [-0.2, 0) is 4.79 Å². The second-order valence-corrected chi connectivity index (χ2v) is 6.94. The molecule has 1 aromatic heterocycles. The molecule has 0 bridgehead atoms. The third-order valence-electron chi connectivity index (χ3n) is 3.59. The summed E-state index contributed by atoms with van der Waals surface area (Å²) in [5.74, 6) is 0.339. The van der Waals surface area contributed by atoms with E-state index in [0.29, 0.717) is 15.9 Å². The maximum Gasteiger partial charge on any atom is 0.264 e. The molecule has 0 saturated heterocycles. The molecule has 3 rings (SSSR count). The van der Waals surface area contributed by atoms with E-state index in [-0.39, 0.29) is 12.5 Å². The van der Waals surface area contributed by atoms with Crippen LogP contribution < -0.4 is 10.1 Å². The van der Waals surface area contributed by atoms with E-state index in [2.05, 4.69) is 42.3 Å². The Morgan fingerprint density at radius 2 is 1.96 bits per heavy atom. The molecule has 2 aromatic carbocycles. The number of ether oxygens (including phenoxy) is 1. The van der Waals surface area contributed by atoms with Gasteiger partial charge >= 0.3 is 0 Å². The Labute approximate surface area is 155 Å². The van der Waals surface area contributed by atoms with Crippen LogP contribution in [0.2, 0.25) is 5.02 Å². The number of nitrogens with one attached hydrogen (secondary N) is 1. The fourth-order valence-corrected chi connectivity index (χ4v) is 3.24. The lowest BCUT2D eigenvalue weighted by molar-refractivity contribution is -0.118. The van der Waals surface area contributed by atoms with Crippen LogP contribution in [0.1, 0.15) is 11.1 Å². The van der Waals surface area contributed by atoms with E-state index in [1.54, 1.807) is 24.3 Å². The van der Waals surface area contributed by atoms with E-state index in [4.69, 9.17) is 16.3 Å². The lowest BCUT2D eigenvalue weighted by Crippen LogP contribution is -2.20. The molecule has 1 N–H and O–H groups in total. The van der Waals surface area contributed by atoms with Crippen LogP contribution in [0.5, 0.6) is 5.75 Å². The van der Waals surface area contributed by atoms with Crippen molar-refractivity contribution in [3.8, 4) is 17.0 Å². The molecule has 1 amide bonds. The van der Waals surface area contributed by atoms with E-state index in [1.165, 1.54) is 16.9 Å². The SMILES string of the molecule is Cc1ccc(-c2csc(NC(=O)COc3ccc(Cl)cc3)n2)c(C)c1. The van der Waals surface area contributed by atoms with Gasteiger partial charge in [-0.3, -0.25) is 10.1 Å². The van der Waals surface area contributed by atoms with Gasteiger partial charge in [0.15, 0.2) is 11.7 Å². The van der Waals surface area contributed by atoms with Crippen LogP contribution in [0.15, 0.2) is 47.8 Å². The smallest absolute Gasteiger partial charge is 0.264 e. The minimum Gasteiger partial charge on any atom is -0.484 e. The number of anilines is 1. The molecule has 25 heavy (non-hydrogen) atoms. The van der Waals surface area contributed by atoms with E-state index in [1.807, 2.05) is 5.38 Å². The molecule has 6 heteroatoms. The third kappa shape index (κ3) is 4.59. The summed E-state index contributed by atoms with van der Waals surface area (Å²) in [5.41, 5.74) is 4.30. The average molecular weight is 373 g/mol. The molecule has 0 fully saturated rings. The largest absolute Gasteiger partial charge is 0.484 e. The summed E-state index contributed by atoms with van der Waals surface area (Å²) in [5, 5.41) is 5.88. The molecule has 0 aliphatic heterocycles. The Morgan fingerprint density at radius 3 is 2.68 bits per heavy atom. The molecular formula is C19H17ClN2O2S. The molecule has 0 spiro atoms. The second kappa shape index (κ2) is 7.68. The molecule has 3 aromatic rings. The van der Waals surface area contributed by atoms with Gasteiger partial charge in [-0.25, -0.2) is 4.98 Å². The quantitative estimate of drug-likeness (QED) is 0.678. The van der Waals surface area contributed by atoms with Gasteiger partial charge in [0.1, 0.15) is 5.75 Å². The van der Waals surface area contributed by atoms with Crippen LogP contribution in [-0.4, -0.2) is 17.5 Å². The van der Waals surface area contributed by atoms with Crippen molar-refractivity contribution in [2.24, 2.45) is 0 Å². The van der Waals surface area contributed by atoms with E-state index in [0.717, 1.165) is 16.8 Å². The molecule has 128 valence electrons. The summed E-state index contributed by atoms with van der Waals surface area (Å²) >= 11 is 7.21. The van der Waals surface area contributed by atoms with Gasteiger partial charge in [0, 0.05) is 16.0 Å². The van der Waals surface area contributed by atoms with Crippen molar-refractivity contribution >= 4 is 34.0 Å². The fourth-order valence-electron chi connectivity index (χ4n) is 2.39. The second-order valence-electron chi connectivity index (χ2n) is 5.65. The van der Waals surface area contributed by atoms with Gasteiger partial charge in [0.2, 0.25) is 0 Å². The number of thiazole rings is 1. The maximum absolute atomic E-state index is 12.0. The van der Waals surface area contributed by atoms with Crippen LogP contribution in [0.4, 0.5) is 5.13 Å². The number of nitrogens with zero attached hydrogens (tertiary/aromatic N) is 1. The fraction of sp³-hybridized carbons (Fsp3) is 0.158. The van der Waals surface area contributed by atoms with Crippen LogP contribution >= 0.6 is 22.9 Å². The van der Waals surface area contributed by atoms with Crippen LogP contribution in [0.3, 0.4) is 0 Å². The summed E-state index contributed by atoms with van der Waals surface area (Å²) in [6.45, 7) is 4.03. The average Bonchev–Trinajstić information content (AvgIpc) is 3.02. The van der Waals surface area contributed by atoms with Crippen LogP contribution in [0, 0.1) is 13.8 Å². The first-order chi connectivity index (χ1) is 12.0. The van der Waals surface area contributed by atoms with Crippen molar-refractivity contribution in [2.45, 2.75) is 13.8 Å². The Hall–Kier alpha value is -2.37. The summed E-state index contributed by atoms with van der Waals surface area (Å²) < 4.78 is 5.42. The van der Waals surface area contributed by atoms with Gasteiger partial charge in [0.05, 0.1) is 5.69 Å². The summed E-state index contributed by atoms with van der Waals surface area (Å²) in [7, 11) is 0. The normalized spacial score (nSPS) is 10.5. The van der Waals surface area contributed by atoms with Crippen molar-refractivity contribution < 1.29 is 9.53 Å². The third-order valence-corrected chi connectivity index (χ3v) is 4.60. The number of hydrogen-bond acceptors (Lipinski definition) is 4. The first kappa shape index (κ1) is 17.5. The Balaban J connectivity index is 1.60. The minimum absolute atomic E-state index is 0.0832. The van der Waals surface area contributed by atoms with Gasteiger partial charge in [-0.05, 0) is 43.7 Å². The molecule has 4 nitrogen and oxygen atoms in total. The van der Waals surface area contributed by atoms with Gasteiger partial charge in [-0.1, -0.05) is 35.4 Å². The molecule has 0 aliphatic carbocycles. The number of aryl methyl sites for hydroxylation is 2. The number of rotatable bonds is 5. The lowest BCUT2D eigenvalue weighted by Gasteiger charge is -2.06. The standard InChI is InChI=1S/C19H17ClN2O2S/c1-12-3-8-16(13(2)9-12)17-11-25-19(21-17)22-18(23)10-24-15-6-4-14(20)5-7-15/h3-9,11H,10H2,1-2H3,(H,21,22,23). The Morgan fingerprint density at radius 1 is 1.20 bits per heavy atom. The number of carbonyl (C=O) groups is 1. The number of benzene rings is 2. The van der Waals surface area contributed by atoms with Crippen molar-refractivity contribution in [3.05, 3.63) is 64.0 Å².